The fourth-order valence-corrected chi connectivity index (χ4v) is 2.58. The Hall–Kier alpha value is -2.62. The molecule has 0 fully saturated rings. The second-order valence-electron chi connectivity index (χ2n) is 7.52. The third kappa shape index (κ3) is 6.03. The Kier molecular flexibility index (Phi) is 6.56. The second kappa shape index (κ2) is 8.65. The number of nitrogens with one attached hydrogen (secondary N) is 1. The van der Waals surface area contributed by atoms with Gasteiger partial charge >= 0.3 is 6.09 Å². The predicted octanol–water partition coefficient (Wildman–Crippen LogP) is 4.41. The lowest BCUT2D eigenvalue weighted by Gasteiger charge is -2.20. The molecule has 1 N–H and O–H groups in total. The van der Waals surface area contributed by atoms with Gasteiger partial charge < -0.3 is 10.1 Å². The molecule has 1 amide bonds. The van der Waals surface area contributed by atoms with Crippen LogP contribution >= 0.6 is 0 Å². The molecule has 4 nitrogen and oxygen atoms in total. The van der Waals surface area contributed by atoms with E-state index in [1.807, 2.05) is 42.5 Å². The van der Waals surface area contributed by atoms with Crippen LogP contribution in [-0.4, -0.2) is 17.9 Å². The Morgan fingerprint density at radius 3 is 2.12 bits per heavy atom. The normalized spacial score (nSPS) is 12.3. The van der Waals surface area contributed by atoms with Crippen LogP contribution in [0.15, 0.2) is 54.6 Å². The van der Waals surface area contributed by atoms with E-state index in [2.05, 4.69) is 38.2 Å². The van der Waals surface area contributed by atoms with E-state index in [1.165, 1.54) is 12.5 Å². The molecule has 1 unspecified atom stereocenters. The maximum atomic E-state index is 12.0. The number of carbonyl (C=O) groups is 2. The van der Waals surface area contributed by atoms with Crippen LogP contribution < -0.4 is 5.32 Å². The number of hydrogen-bond donors (Lipinski definition) is 1. The minimum atomic E-state index is -0.598. The largest absolute Gasteiger partial charge is 0.445 e. The number of amides is 1. The first-order chi connectivity index (χ1) is 12.3. The summed E-state index contributed by atoms with van der Waals surface area (Å²) in [5.74, 6) is -0.0958. The van der Waals surface area contributed by atoms with Crippen LogP contribution in [0.5, 0.6) is 0 Å². The fourth-order valence-electron chi connectivity index (χ4n) is 2.58. The van der Waals surface area contributed by atoms with E-state index in [9.17, 15) is 9.59 Å². The van der Waals surface area contributed by atoms with Crippen molar-refractivity contribution in [3.63, 3.8) is 0 Å². The maximum absolute atomic E-state index is 12.0. The van der Waals surface area contributed by atoms with Gasteiger partial charge in [-0.05, 0) is 35.4 Å². The molecule has 26 heavy (non-hydrogen) atoms. The first-order valence-corrected chi connectivity index (χ1v) is 8.83. The number of Topliss-reactive ketones (excluding diaryl/α,β-unsaturated/α-hetero) is 1. The smallest absolute Gasteiger partial charge is 0.408 e. The van der Waals surface area contributed by atoms with Crippen LogP contribution in [0.3, 0.4) is 0 Å². The number of alkyl carbamates (subject to hydrolysis) is 1. The third-order valence-corrected chi connectivity index (χ3v) is 4.26. The van der Waals surface area contributed by atoms with Crippen molar-refractivity contribution in [3.8, 4) is 0 Å². The fraction of sp³-hybridized carbons (Fsp3) is 0.364. The number of rotatable bonds is 6. The van der Waals surface area contributed by atoms with Gasteiger partial charge in [0, 0.05) is 0 Å². The Bertz CT molecular complexity index is 730. The minimum absolute atomic E-state index is 0.0814. The topological polar surface area (TPSA) is 55.4 Å². The number of benzene rings is 2. The molecule has 0 bridgehead atoms. The highest BCUT2D eigenvalue weighted by Gasteiger charge is 2.19. The Balaban J connectivity index is 1.93. The highest BCUT2D eigenvalue weighted by atomic mass is 16.5. The molecular weight excluding hydrogens is 326 g/mol. The van der Waals surface area contributed by atoms with Crippen LogP contribution in [0.4, 0.5) is 4.79 Å². The molecule has 0 aromatic heterocycles. The zero-order chi connectivity index (χ0) is 19.2. The lowest BCUT2D eigenvalue weighted by Crippen LogP contribution is -2.41. The average Bonchev–Trinajstić information content (AvgIpc) is 2.60. The van der Waals surface area contributed by atoms with Gasteiger partial charge in [-0.3, -0.25) is 4.79 Å². The van der Waals surface area contributed by atoms with E-state index >= 15 is 0 Å². The number of carbonyl (C=O) groups excluding carboxylic acids is 2. The van der Waals surface area contributed by atoms with Gasteiger partial charge in [-0.1, -0.05) is 75.4 Å². The number of ketones is 1. The van der Waals surface area contributed by atoms with Gasteiger partial charge in [0.15, 0.2) is 5.78 Å². The van der Waals surface area contributed by atoms with E-state index in [-0.39, 0.29) is 17.8 Å². The maximum Gasteiger partial charge on any atom is 0.408 e. The number of hydrogen-bond acceptors (Lipinski definition) is 3. The molecule has 0 heterocycles. The van der Waals surface area contributed by atoms with Crippen molar-refractivity contribution in [3.05, 3.63) is 71.3 Å². The van der Waals surface area contributed by atoms with Gasteiger partial charge in [-0.2, -0.15) is 0 Å². The highest BCUT2D eigenvalue weighted by Crippen LogP contribution is 2.22. The van der Waals surface area contributed by atoms with Gasteiger partial charge in [-0.15, -0.1) is 0 Å². The van der Waals surface area contributed by atoms with E-state index in [1.54, 1.807) is 0 Å². The Morgan fingerprint density at radius 2 is 1.58 bits per heavy atom. The molecule has 0 spiro atoms. The molecule has 0 radical (unpaired) electrons. The van der Waals surface area contributed by atoms with Crippen molar-refractivity contribution in [1.82, 2.24) is 5.32 Å². The van der Waals surface area contributed by atoms with Gasteiger partial charge in [0.25, 0.3) is 0 Å². The first-order valence-electron chi connectivity index (χ1n) is 8.83. The summed E-state index contributed by atoms with van der Waals surface area (Å²) in [7, 11) is 0. The second-order valence-corrected chi connectivity index (χ2v) is 7.52. The van der Waals surface area contributed by atoms with Gasteiger partial charge in [0.05, 0.1) is 6.04 Å². The first kappa shape index (κ1) is 19.7. The van der Waals surface area contributed by atoms with Crippen molar-refractivity contribution in [2.75, 3.05) is 0 Å². The standard InChI is InChI=1S/C22H27NO3/c1-16(24)20(14-17-10-12-19(13-11-17)22(2,3)4)23-21(25)26-15-18-8-6-5-7-9-18/h5-13,20H,14-15H2,1-4H3,(H,23,25). The van der Waals surface area contributed by atoms with Crippen LogP contribution in [0.1, 0.15) is 44.4 Å². The van der Waals surface area contributed by atoms with Crippen molar-refractivity contribution in [2.45, 2.75) is 52.2 Å². The third-order valence-electron chi connectivity index (χ3n) is 4.26. The van der Waals surface area contributed by atoms with E-state index in [0.717, 1.165) is 11.1 Å². The number of ether oxygens (including phenoxy) is 1. The average molecular weight is 353 g/mol. The molecule has 0 saturated heterocycles. The van der Waals surface area contributed by atoms with Crippen molar-refractivity contribution in [2.24, 2.45) is 0 Å². The molecule has 0 saturated carbocycles. The van der Waals surface area contributed by atoms with Crippen LogP contribution in [0.2, 0.25) is 0 Å². The summed E-state index contributed by atoms with van der Waals surface area (Å²) in [5.41, 5.74) is 3.22. The predicted molar refractivity (Wildman–Crippen MR) is 103 cm³/mol. The molecule has 0 aliphatic carbocycles. The Labute approximate surface area is 155 Å². The Morgan fingerprint density at radius 1 is 0.962 bits per heavy atom. The van der Waals surface area contributed by atoms with Gasteiger partial charge in [-0.25, -0.2) is 4.79 Å². The zero-order valence-corrected chi connectivity index (χ0v) is 15.9. The van der Waals surface area contributed by atoms with E-state index in [0.29, 0.717) is 6.42 Å². The molecule has 0 aliphatic rings. The van der Waals surface area contributed by atoms with E-state index in [4.69, 9.17) is 4.74 Å². The summed E-state index contributed by atoms with van der Waals surface area (Å²) in [6.07, 6.45) is -0.138. The zero-order valence-electron chi connectivity index (χ0n) is 15.9. The monoisotopic (exact) mass is 353 g/mol. The molecular formula is C22H27NO3. The molecule has 4 heteroatoms. The summed E-state index contributed by atoms with van der Waals surface area (Å²) >= 11 is 0. The molecule has 2 rings (SSSR count). The minimum Gasteiger partial charge on any atom is -0.445 e. The van der Waals surface area contributed by atoms with Crippen molar-refractivity contribution in [1.29, 1.82) is 0 Å². The summed E-state index contributed by atoms with van der Waals surface area (Å²) < 4.78 is 5.21. The summed E-state index contributed by atoms with van der Waals surface area (Å²) in [6, 6.07) is 17.0. The summed E-state index contributed by atoms with van der Waals surface area (Å²) in [5, 5.41) is 2.67. The van der Waals surface area contributed by atoms with Gasteiger partial charge in [0.2, 0.25) is 0 Å². The lowest BCUT2D eigenvalue weighted by molar-refractivity contribution is -0.118. The molecule has 2 aromatic rings. The lowest BCUT2D eigenvalue weighted by atomic mass is 9.86. The van der Waals surface area contributed by atoms with Crippen molar-refractivity contribution >= 4 is 11.9 Å². The van der Waals surface area contributed by atoms with Crippen LogP contribution in [-0.2, 0) is 28.0 Å². The van der Waals surface area contributed by atoms with Crippen LogP contribution in [0, 0.1) is 0 Å². The van der Waals surface area contributed by atoms with E-state index < -0.39 is 12.1 Å². The molecule has 0 aliphatic heterocycles. The molecule has 1 atom stereocenters. The molecule has 2 aromatic carbocycles. The quantitative estimate of drug-likeness (QED) is 0.837. The van der Waals surface area contributed by atoms with Gasteiger partial charge in [0.1, 0.15) is 6.61 Å². The highest BCUT2D eigenvalue weighted by molar-refractivity contribution is 5.85. The van der Waals surface area contributed by atoms with Crippen molar-refractivity contribution < 1.29 is 14.3 Å². The molecule has 138 valence electrons. The summed E-state index contributed by atoms with van der Waals surface area (Å²) in [6.45, 7) is 8.13. The van der Waals surface area contributed by atoms with Crippen LogP contribution in [0.25, 0.3) is 0 Å². The SMILES string of the molecule is CC(=O)C(Cc1ccc(C(C)(C)C)cc1)NC(=O)OCc1ccccc1. The summed E-state index contributed by atoms with van der Waals surface area (Å²) in [4.78, 5) is 23.9.